The molecule has 6 atom stereocenters. The highest BCUT2D eigenvalue weighted by Gasteiger charge is 2.69. The standard InChI is InChI=1S/C37H61N5O7/c1-11-13-19-24(28(43)31(45)38-20-12-2)39-30(44)27-25-23(37(25,9)10)21-42(27)32(46)26(22-17-15-14-16-18-22)40-34(48)41-29(35(3,4)5)33(47)49-36(6,7)8/h12,22-27,29H,2,11,13-21H2,1,3-10H3,(H,38,45)(H,39,44)(H2,40,41,48)/t23?,24?,25-,26-,27-,29+/m0/s1. The van der Waals surface area contributed by atoms with Crippen molar-refractivity contribution in [3.8, 4) is 0 Å². The molecule has 3 fully saturated rings. The van der Waals surface area contributed by atoms with E-state index in [0.717, 1.165) is 38.5 Å². The summed E-state index contributed by atoms with van der Waals surface area (Å²) in [6.07, 6.45) is 7.49. The van der Waals surface area contributed by atoms with Crippen LogP contribution in [0.4, 0.5) is 4.79 Å². The van der Waals surface area contributed by atoms with Crippen LogP contribution in [0.1, 0.15) is 114 Å². The molecule has 0 aromatic heterocycles. The van der Waals surface area contributed by atoms with Crippen molar-refractivity contribution in [2.45, 2.75) is 143 Å². The summed E-state index contributed by atoms with van der Waals surface area (Å²) in [6, 6.07) is -4.45. The van der Waals surface area contributed by atoms with E-state index in [2.05, 4.69) is 41.7 Å². The molecule has 5 amide bonds. The topological polar surface area (TPSA) is 163 Å². The smallest absolute Gasteiger partial charge is 0.329 e. The number of Topliss-reactive ketones (excluding diaryl/α,β-unsaturated/α-hetero) is 1. The van der Waals surface area contributed by atoms with Crippen LogP contribution in [0.25, 0.3) is 0 Å². The predicted molar refractivity (Wildman–Crippen MR) is 187 cm³/mol. The number of fused-ring (bicyclic) bond motifs is 1. The average Bonchev–Trinajstić information content (AvgIpc) is 3.32. The molecule has 0 aromatic carbocycles. The van der Waals surface area contributed by atoms with E-state index in [4.69, 9.17) is 4.74 Å². The molecule has 3 aliphatic rings. The Bertz CT molecular complexity index is 1260. The lowest BCUT2D eigenvalue weighted by Gasteiger charge is -2.38. The van der Waals surface area contributed by atoms with Crippen LogP contribution in [0.15, 0.2) is 12.7 Å². The van der Waals surface area contributed by atoms with Gasteiger partial charge in [-0.3, -0.25) is 19.2 Å². The summed E-state index contributed by atoms with van der Waals surface area (Å²) in [5.74, 6) is -3.13. The van der Waals surface area contributed by atoms with E-state index in [1.807, 2.05) is 27.7 Å². The molecule has 0 bridgehead atoms. The summed E-state index contributed by atoms with van der Waals surface area (Å²) >= 11 is 0. The number of carbonyl (C=O) groups is 6. The summed E-state index contributed by atoms with van der Waals surface area (Å²) in [6.45, 7) is 20.9. The zero-order valence-electron chi connectivity index (χ0n) is 31.2. The normalized spacial score (nSPS) is 23.6. The quantitative estimate of drug-likeness (QED) is 0.122. The maximum atomic E-state index is 14.6. The number of unbranched alkanes of at least 4 members (excludes halogenated alkanes) is 1. The summed E-state index contributed by atoms with van der Waals surface area (Å²) in [7, 11) is 0. The van der Waals surface area contributed by atoms with Crippen molar-refractivity contribution in [3.05, 3.63) is 12.7 Å². The minimum absolute atomic E-state index is 0.0751. The number of ether oxygens (including phenoxy) is 1. The second kappa shape index (κ2) is 16.1. The molecular weight excluding hydrogens is 626 g/mol. The van der Waals surface area contributed by atoms with E-state index < -0.39 is 64.8 Å². The van der Waals surface area contributed by atoms with Crippen molar-refractivity contribution in [1.29, 1.82) is 0 Å². The zero-order chi connectivity index (χ0) is 36.9. The Hall–Kier alpha value is -3.44. The number of nitrogens with zero attached hydrogens (tertiary/aromatic N) is 1. The molecular formula is C37H61N5O7. The third-order valence-corrected chi connectivity index (χ3v) is 10.3. The number of urea groups is 1. The molecule has 1 saturated heterocycles. The number of hydrogen-bond donors (Lipinski definition) is 4. The first-order valence-corrected chi connectivity index (χ1v) is 18.1. The SMILES string of the molecule is C=CCNC(=O)C(=O)C(CCCC)NC(=O)[C@@H]1[C@@H]2C(CN1C(=O)[C@@H](NC(=O)N[C@H](C(=O)OC(C)(C)C)C(C)(C)C)C1CCCCC1)C2(C)C. The van der Waals surface area contributed by atoms with Crippen LogP contribution in [-0.2, 0) is 28.7 Å². The van der Waals surface area contributed by atoms with E-state index in [9.17, 15) is 28.8 Å². The number of ketones is 1. The van der Waals surface area contributed by atoms with Gasteiger partial charge < -0.3 is 30.9 Å². The molecule has 12 heteroatoms. The fourth-order valence-corrected chi connectivity index (χ4v) is 7.49. The second-order valence-corrected chi connectivity index (χ2v) is 16.8. The maximum Gasteiger partial charge on any atom is 0.329 e. The molecule has 0 spiro atoms. The third kappa shape index (κ3) is 10.1. The van der Waals surface area contributed by atoms with Gasteiger partial charge in [0.25, 0.3) is 5.91 Å². The van der Waals surface area contributed by atoms with Gasteiger partial charge in [0.05, 0.1) is 6.04 Å². The van der Waals surface area contributed by atoms with Crippen LogP contribution in [0, 0.1) is 28.6 Å². The van der Waals surface area contributed by atoms with Gasteiger partial charge in [0.2, 0.25) is 17.6 Å². The number of nitrogens with one attached hydrogen (secondary N) is 4. The van der Waals surface area contributed by atoms with E-state index in [1.54, 1.807) is 25.7 Å². The molecule has 4 N–H and O–H groups in total. The Morgan fingerprint density at radius 2 is 1.59 bits per heavy atom. The van der Waals surface area contributed by atoms with Crippen molar-refractivity contribution < 1.29 is 33.5 Å². The van der Waals surface area contributed by atoms with E-state index in [-0.39, 0.29) is 35.6 Å². The Kier molecular flexibility index (Phi) is 13.1. The monoisotopic (exact) mass is 687 g/mol. The van der Waals surface area contributed by atoms with Gasteiger partial charge in [-0.05, 0) is 68.6 Å². The van der Waals surface area contributed by atoms with Gasteiger partial charge in [0.15, 0.2) is 0 Å². The maximum absolute atomic E-state index is 14.6. The van der Waals surface area contributed by atoms with Crippen molar-refractivity contribution in [1.82, 2.24) is 26.2 Å². The number of carbonyl (C=O) groups excluding carboxylic acids is 6. The molecule has 49 heavy (non-hydrogen) atoms. The number of hydrogen-bond acceptors (Lipinski definition) is 7. The van der Waals surface area contributed by atoms with Gasteiger partial charge in [-0.25, -0.2) is 9.59 Å². The number of piperidine rings is 1. The molecule has 0 aromatic rings. The van der Waals surface area contributed by atoms with Crippen molar-refractivity contribution >= 4 is 35.5 Å². The van der Waals surface area contributed by atoms with Gasteiger partial charge in [0, 0.05) is 13.1 Å². The fraction of sp³-hybridized carbons (Fsp3) is 0.784. The van der Waals surface area contributed by atoms with Gasteiger partial charge in [-0.2, -0.15) is 0 Å². The van der Waals surface area contributed by atoms with Gasteiger partial charge in [0.1, 0.15) is 23.7 Å². The number of esters is 1. The third-order valence-electron chi connectivity index (χ3n) is 10.3. The summed E-state index contributed by atoms with van der Waals surface area (Å²) in [5.41, 5.74) is -1.63. The van der Waals surface area contributed by atoms with E-state index >= 15 is 0 Å². The summed E-state index contributed by atoms with van der Waals surface area (Å²) in [5, 5.41) is 11.0. The van der Waals surface area contributed by atoms with E-state index in [0.29, 0.717) is 19.4 Å². The predicted octanol–water partition coefficient (Wildman–Crippen LogP) is 4.02. The summed E-state index contributed by atoms with van der Waals surface area (Å²) in [4.78, 5) is 82.7. The number of rotatable bonds is 14. The number of likely N-dealkylation sites (tertiary alicyclic amines) is 1. The molecule has 1 heterocycles. The zero-order valence-corrected chi connectivity index (χ0v) is 31.2. The first kappa shape index (κ1) is 40.0. The van der Waals surface area contributed by atoms with Crippen molar-refractivity contribution in [2.24, 2.45) is 28.6 Å². The highest BCUT2D eigenvalue weighted by molar-refractivity contribution is 6.38. The minimum Gasteiger partial charge on any atom is -0.458 e. The van der Waals surface area contributed by atoms with Crippen LogP contribution in [-0.4, -0.2) is 83.3 Å². The number of amides is 5. The molecule has 2 saturated carbocycles. The molecule has 2 unspecified atom stereocenters. The van der Waals surface area contributed by atoms with Crippen molar-refractivity contribution in [3.63, 3.8) is 0 Å². The van der Waals surface area contributed by atoms with Gasteiger partial charge >= 0.3 is 12.0 Å². The second-order valence-electron chi connectivity index (χ2n) is 16.8. The van der Waals surface area contributed by atoms with Crippen LogP contribution in [0.2, 0.25) is 0 Å². The minimum atomic E-state index is -1.03. The van der Waals surface area contributed by atoms with Gasteiger partial charge in [-0.15, -0.1) is 6.58 Å². The summed E-state index contributed by atoms with van der Waals surface area (Å²) < 4.78 is 5.61. The lowest BCUT2D eigenvalue weighted by molar-refractivity contribution is -0.160. The molecule has 2 aliphatic carbocycles. The first-order chi connectivity index (χ1) is 22.7. The van der Waals surface area contributed by atoms with Crippen LogP contribution >= 0.6 is 0 Å². The first-order valence-electron chi connectivity index (χ1n) is 18.1. The van der Waals surface area contributed by atoms with Crippen LogP contribution < -0.4 is 21.3 Å². The highest BCUT2D eigenvalue weighted by atomic mass is 16.6. The highest BCUT2D eigenvalue weighted by Crippen LogP contribution is 2.65. The lowest BCUT2D eigenvalue weighted by atomic mass is 9.83. The molecule has 1 aliphatic heterocycles. The Morgan fingerprint density at radius 3 is 2.14 bits per heavy atom. The van der Waals surface area contributed by atoms with Crippen molar-refractivity contribution in [2.75, 3.05) is 13.1 Å². The Balaban J connectivity index is 1.88. The average molecular weight is 688 g/mol. The molecule has 276 valence electrons. The fourth-order valence-electron chi connectivity index (χ4n) is 7.49. The Morgan fingerprint density at radius 1 is 0.959 bits per heavy atom. The van der Waals surface area contributed by atoms with Crippen LogP contribution in [0.5, 0.6) is 0 Å². The largest absolute Gasteiger partial charge is 0.458 e. The molecule has 12 nitrogen and oxygen atoms in total. The van der Waals surface area contributed by atoms with Crippen LogP contribution in [0.3, 0.4) is 0 Å². The molecule has 0 radical (unpaired) electrons. The van der Waals surface area contributed by atoms with Gasteiger partial charge in [-0.1, -0.05) is 79.7 Å². The molecule has 3 rings (SSSR count). The van der Waals surface area contributed by atoms with E-state index in [1.165, 1.54) is 6.08 Å². The lowest BCUT2D eigenvalue weighted by Crippen LogP contribution is -2.62. The Labute approximate surface area is 292 Å².